The van der Waals surface area contributed by atoms with E-state index in [9.17, 15) is 5.11 Å². The lowest BCUT2D eigenvalue weighted by Crippen LogP contribution is -1.94. The molecule has 1 radical (unpaired) electrons. The van der Waals surface area contributed by atoms with Crippen LogP contribution in [0, 0.1) is 6.07 Å². The lowest BCUT2D eigenvalue weighted by molar-refractivity contribution is 0.353. The maximum atomic E-state index is 10.2. The van der Waals surface area contributed by atoms with Gasteiger partial charge in [-0.3, -0.25) is 0 Å². The van der Waals surface area contributed by atoms with Crippen molar-refractivity contribution in [1.29, 1.82) is 0 Å². The van der Waals surface area contributed by atoms with Crippen LogP contribution >= 0.6 is 0 Å². The quantitative estimate of drug-likeness (QED) is 0.769. The number of ether oxygens (including phenoxy) is 2. The summed E-state index contributed by atoms with van der Waals surface area (Å²) in [7, 11) is 3.12. The Morgan fingerprint density at radius 1 is 0.783 bits per heavy atom. The minimum Gasteiger partial charge on any atom is -0.507 e. The molecule has 115 valence electrons. The van der Waals surface area contributed by atoms with Crippen molar-refractivity contribution < 1.29 is 14.6 Å². The van der Waals surface area contributed by atoms with Crippen LogP contribution in [-0.2, 0) is 0 Å². The molecule has 0 aliphatic heterocycles. The van der Waals surface area contributed by atoms with Gasteiger partial charge in [0.15, 0.2) is 11.5 Å². The molecule has 0 bridgehead atoms. The standard InChI is InChI=1S/C20H17O3/c1-22-18-13-12-17(21)19(20(18)23-2)16-10-8-15(9-11-16)14-6-4-3-5-7-14/h3-11,13,21H,1-2H3. The van der Waals surface area contributed by atoms with Gasteiger partial charge in [-0.1, -0.05) is 54.6 Å². The second-order valence-corrected chi connectivity index (χ2v) is 5.06. The van der Waals surface area contributed by atoms with Crippen LogP contribution in [0.4, 0.5) is 0 Å². The Kier molecular flexibility index (Phi) is 4.20. The Balaban J connectivity index is 2.06. The van der Waals surface area contributed by atoms with E-state index in [0.29, 0.717) is 17.1 Å². The fraction of sp³-hybridized carbons (Fsp3) is 0.100. The van der Waals surface area contributed by atoms with Gasteiger partial charge in [0.2, 0.25) is 0 Å². The molecule has 0 aliphatic carbocycles. The largest absolute Gasteiger partial charge is 0.507 e. The Hall–Kier alpha value is -2.94. The molecule has 3 aromatic carbocycles. The molecule has 0 saturated carbocycles. The zero-order valence-corrected chi connectivity index (χ0v) is 13.0. The average Bonchev–Trinajstić information content (AvgIpc) is 2.62. The number of methoxy groups -OCH3 is 2. The van der Waals surface area contributed by atoms with Crippen molar-refractivity contribution in [2.45, 2.75) is 0 Å². The molecule has 3 rings (SSSR count). The van der Waals surface area contributed by atoms with E-state index < -0.39 is 0 Å². The van der Waals surface area contributed by atoms with Crippen molar-refractivity contribution in [2.24, 2.45) is 0 Å². The highest BCUT2D eigenvalue weighted by Crippen LogP contribution is 2.43. The zero-order chi connectivity index (χ0) is 16.2. The summed E-state index contributed by atoms with van der Waals surface area (Å²) in [5.41, 5.74) is 3.67. The van der Waals surface area contributed by atoms with E-state index in [-0.39, 0.29) is 5.75 Å². The maximum Gasteiger partial charge on any atom is 0.172 e. The van der Waals surface area contributed by atoms with Crippen molar-refractivity contribution in [3.63, 3.8) is 0 Å². The van der Waals surface area contributed by atoms with Crippen molar-refractivity contribution in [1.82, 2.24) is 0 Å². The molecule has 23 heavy (non-hydrogen) atoms. The van der Waals surface area contributed by atoms with Gasteiger partial charge in [-0.25, -0.2) is 0 Å². The van der Waals surface area contributed by atoms with Gasteiger partial charge < -0.3 is 14.6 Å². The van der Waals surface area contributed by atoms with Gasteiger partial charge in [0.05, 0.1) is 19.8 Å². The Morgan fingerprint density at radius 2 is 1.39 bits per heavy atom. The minimum atomic E-state index is 0.0371. The molecule has 3 nitrogen and oxygen atoms in total. The van der Waals surface area contributed by atoms with E-state index >= 15 is 0 Å². The summed E-state index contributed by atoms with van der Waals surface area (Å²) in [6.45, 7) is 0. The van der Waals surface area contributed by atoms with E-state index in [1.165, 1.54) is 0 Å². The highest BCUT2D eigenvalue weighted by Gasteiger charge is 2.16. The summed E-state index contributed by atoms with van der Waals surface area (Å²) >= 11 is 0. The predicted octanol–water partition coefficient (Wildman–Crippen LogP) is 4.54. The van der Waals surface area contributed by atoms with Crippen LogP contribution < -0.4 is 9.47 Å². The number of phenols is 1. The molecular weight excluding hydrogens is 288 g/mol. The smallest absolute Gasteiger partial charge is 0.172 e. The highest BCUT2D eigenvalue weighted by molar-refractivity contribution is 5.80. The molecule has 0 spiro atoms. The molecule has 0 heterocycles. The zero-order valence-electron chi connectivity index (χ0n) is 13.0. The van der Waals surface area contributed by atoms with Crippen molar-refractivity contribution in [2.75, 3.05) is 14.2 Å². The molecule has 0 saturated heterocycles. The summed E-state index contributed by atoms with van der Waals surface area (Å²) in [4.78, 5) is 0. The first kappa shape index (κ1) is 15.0. The first-order valence-corrected chi connectivity index (χ1v) is 7.26. The fourth-order valence-electron chi connectivity index (χ4n) is 2.58. The van der Waals surface area contributed by atoms with Gasteiger partial charge in [-0.15, -0.1) is 0 Å². The van der Waals surface area contributed by atoms with Crippen molar-refractivity contribution in [3.05, 3.63) is 66.7 Å². The summed E-state index contributed by atoms with van der Waals surface area (Å²) in [6, 6.07) is 22.4. The maximum absolute atomic E-state index is 10.2. The molecule has 1 N–H and O–H groups in total. The van der Waals surface area contributed by atoms with Crippen LogP contribution in [0.25, 0.3) is 22.3 Å². The summed E-state index contributed by atoms with van der Waals surface area (Å²) in [6.07, 6.45) is 0. The SMILES string of the molecule is COc1c[c]c(O)c(-c2ccc(-c3ccccc3)cc2)c1OC. The molecule has 0 fully saturated rings. The van der Waals surface area contributed by atoms with Gasteiger partial charge in [0, 0.05) is 6.07 Å². The van der Waals surface area contributed by atoms with Crippen molar-refractivity contribution in [3.8, 4) is 39.5 Å². The van der Waals surface area contributed by atoms with E-state index in [1.807, 2.05) is 42.5 Å². The number of aromatic hydroxyl groups is 1. The minimum absolute atomic E-state index is 0.0371. The first-order valence-electron chi connectivity index (χ1n) is 7.26. The topological polar surface area (TPSA) is 38.7 Å². The Bertz CT molecular complexity index is 793. The molecule has 3 heteroatoms. The van der Waals surface area contributed by atoms with E-state index in [0.717, 1.165) is 16.7 Å². The second kappa shape index (κ2) is 6.44. The molecule has 0 aliphatic rings. The van der Waals surface area contributed by atoms with E-state index in [1.54, 1.807) is 20.3 Å². The molecule has 0 atom stereocenters. The lowest BCUT2D eigenvalue weighted by Gasteiger charge is -2.14. The number of rotatable bonds is 4. The number of hydrogen-bond donors (Lipinski definition) is 1. The Morgan fingerprint density at radius 3 is 2.00 bits per heavy atom. The van der Waals surface area contributed by atoms with Crippen LogP contribution in [0.3, 0.4) is 0 Å². The van der Waals surface area contributed by atoms with Gasteiger partial charge >= 0.3 is 0 Å². The lowest BCUT2D eigenvalue weighted by atomic mass is 9.99. The third-order valence-electron chi connectivity index (χ3n) is 3.73. The molecule has 0 amide bonds. The van der Waals surface area contributed by atoms with E-state index in [4.69, 9.17) is 9.47 Å². The molecular formula is C20H17O3. The van der Waals surface area contributed by atoms with Crippen LogP contribution in [0.5, 0.6) is 17.2 Å². The van der Waals surface area contributed by atoms with Crippen LogP contribution in [0.15, 0.2) is 60.7 Å². The predicted molar refractivity (Wildman–Crippen MR) is 90.9 cm³/mol. The van der Waals surface area contributed by atoms with Gasteiger partial charge in [-0.2, -0.15) is 0 Å². The van der Waals surface area contributed by atoms with Crippen molar-refractivity contribution >= 4 is 0 Å². The second-order valence-electron chi connectivity index (χ2n) is 5.06. The number of benzene rings is 3. The van der Waals surface area contributed by atoms with Crippen LogP contribution in [0.1, 0.15) is 0 Å². The Labute approximate surface area is 135 Å². The summed E-state index contributed by atoms with van der Waals surface area (Å²) < 4.78 is 10.7. The molecule has 0 unspecified atom stereocenters. The van der Waals surface area contributed by atoms with Crippen LogP contribution in [-0.4, -0.2) is 19.3 Å². The molecule has 3 aromatic rings. The summed E-state index contributed by atoms with van der Waals surface area (Å²) in [5, 5.41) is 10.2. The van der Waals surface area contributed by atoms with Crippen LogP contribution in [0.2, 0.25) is 0 Å². The number of hydrogen-bond acceptors (Lipinski definition) is 3. The number of phenolic OH excluding ortho intramolecular Hbond substituents is 1. The van der Waals surface area contributed by atoms with Gasteiger partial charge in [-0.05, 0) is 22.8 Å². The first-order chi connectivity index (χ1) is 11.2. The third-order valence-corrected chi connectivity index (χ3v) is 3.73. The average molecular weight is 305 g/mol. The van der Waals surface area contributed by atoms with Gasteiger partial charge in [0.25, 0.3) is 0 Å². The third kappa shape index (κ3) is 2.86. The van der Waals surface area contributed by atoms with E-state index in [2.05, 4.69) is 18.2 Å². The fourth-order valence-corrected chi connectivity index (χ4v) is 2.58. The monoisotopic (exact) mass is 305 g/mol. The summed E-state index contributed by atoms with van der Waals surface area (Å²) in [5.74, 6) is 1.07. The normalized spacial score (nSPS) is 10.3. The van der Waals surface area contributed by atoms with Gasteiger partial charge in [0.1, 0.15) is 5.75 Å². The molecule has 0 aromatic heterocycles. The highest BCUT2D eigenvalue weighted by atomic mass is 16.5.